The van der Waals surface area contributed by atoms with Gasteiger partial charge >= 0.3 is 0 Å². The largest absolute Gasteiger partial charge is 0.496 e. The van der Waals surface area contributed by atoms with Crippen LogP contribution in [0, 0.1) is 46.4 Å². The van der Waals surface area contributed by atoms with Crippen LogP contribution in [0.25, 0.3) is 33.0 Å². The summed E-state index contributed by atoms with van der Waals surface area (Å²) in [5.74, 6) is -7.88. The quantitative estimate of drug-likeness (QED) is 0.0732. The Balaban J connectivity index is 0.00000585. The third-order valence-corrected chi connectivity index (χ3v) is 11.7. The second-order valence-electron chi connectivity index (χ2n) is 17.7. The van der Waals surface area contributed by atoms with Crippen molar-refractivity contribution in [3.8, 4) is 16.9 Å². The lowest BCUT2D eigenvalue weighted by Gasteiger charge is -2.40. The van der Waals surface area contributed by atoms with Crippen LogP contribution >= 0.6 is 17.0 Å². The topological polar surface area (TPSA) is 18.5 Å². The number of halogens is 7. The zero-order chi connectivity index (χ0) is 42.2. The smallest absolute Gasteiger partial charge is 0.219 e. The van der Waals surface area contributed by atoms with Gasteiger partial charge in [0, 0.05) is 33.7 Å². The molecule has 308 valence electrons. The highest BCUT2D eigenvalue weighted by Gasteiger charge is 2.49. The molecule has 2 aliphatic rings. The van der Waals surface area contributed by atoms with Crippen molar-refractivity contribution in [3.05, 3.63) is 158 Å². The van der Waals surface area contributed by atoms with Crippen molar-refractivity contribution in [3.63, 3.8) is 0 Å². The molecule has 1 unspecified atom stereocenters. The normalized spacial score (nSPS) is 17.4. The van der Waals surface area contributed by atoms with Gasteiger partial charge in [-0.3, -0.25) is 0 Å². The molecule has 0 spiro atoms. The fraction of sp³-hybridized carbons (Fsp3) is 0.306. The van der Waals surface area contributed by atoms with Gasteiger partial charge < -0.3 is 14.0 Å². The predicted octanol–water partition coefficient (Wildman–Crippen LogP) is 13.5. The van der Waals surface area contributed by atoms with Crippen molar-refractivity contribution in [1.29, 1.82) is 0 Å². The number of methoxy groups -OCH3 is 2. The Labute approximate surface area is 353 Å². The lowest BCUT2D eigenvalue weighted by atomic mass is 9.73. The summed E-state index contributed by atoms with van der Waals surface area (Å²) in [5, 5.41) is 2.06. The number of allylic oxidation sites excluding steroid dienone is 3. The molecule has 0 bridgehead atoms. The van der Waals surface area contributed by atoms with Crippen LogP contribution in [0.2, 0.25) is 0 Å². The molecular weight excluding hydrogens is 828 g/mol. The number of fused-ring (bicyclic) bond motifs is 4. The molecule has 5 aromatic carbocycles. The van der Waals surface area contributed by atoms with E-state index in [-0.39, 0.29) is 51.7 Å². The molecule has 3 nitrogen and oxygen atoms in total. The zero-order valence-electron chi connectivity index (χ0n) is 34.9. The van der Waals surface area contributed by atoms with Crippen LogP contribution in [0.4, 0.5) is 26.3 Å². The molecule has 1 aliphatic carbocycles. The summed E-state index contributed by atoms with van der Waals surface area (Å²) < 4.78 is 103. The highest BCUT2D eigenvalue weighted by Crippen LogP contribution is 2.54. The van der Waals surface area contributed by atoms with Crippen molar-refractivity contribution in [2.24, 2.45) is 5.41 Å². The summed E-state index contributed by atoms with van der Waals surface area (Å²) in [5.41, 5.74) is 4.45. The number of benzene rings is 5. The van der Waals surface area contributed by atoms with Gasteiger partial charge in [-0.15, -0.1) is 17.0 Å². The minimum atomic E-state index is -1.59. The maximum Gasteiger partial charge on any atom is 0.219 e. The number of likely N-dealkylation sites (N-methyl/N-ethyl adjacent to an activating group) is 1. The van der Waals surface area contributed by atoms with E-state index in [0.29, 0.717) is 56.1 Å². The molecule has 2 atom stereocenters. The van der Waals surface area contributed by atoms with E-state index in [4.69, 9.17) is 9.47 Å². The van der Waals surface area contributed by atoms with Gasteiger partial charge in [-0.2, -0.15) is 0 Å². The molecule has 0 saturated carbocycles. The molecule has 10 heteroatoms. The molecule has 1 heterocycles. The van der Waals surface area contributed by atoms with Crippen molar-refractivity contribution in [1.82, 2.24) is 0 Å². The van der Waals surface area contributed by atoms with Crippen LogP contribution in [0.15, 0.2) is 89.7 Å². The van der Waals surface area contributed by atoms with E-state index in [2.05, 4.69) is 32.2 Å². The summed E-state index contributed by atoms with van der Waals surface area (Å²) >= 11 is 0. The van der Waals surface area contributed by atoms with Gasteiger partial charge in [-0.25, -0.2) is 26.3 Å². The highest BCUT2D eigenvalue weighted by atomic mass is 79.9. The molecule has 0 fully saturated rings. The first-order valence-electron chi connectivity index (χ1n) is 19.2. The molecule has 0 N–H and O–H groups in total. The molecule has 0 saturated heterocycles. The van der Waals surface area contributed by atoms with Gasteiger partial charge in [0.2, 0.25) is 5.76 Å². The van der Waals surface area contributed by atoms with Crippen LogP contribution in [0.3, 0.4) is 0 Å². The lowest BCUT2D eigenvalue weighted by Crippen LogP contribution is -2.46. The van der Waals surface area contributed by atoms with Gasteiger partial charge in [0.25, 0.3) is 0 Å². The second kappa shape index (κ2) is 15.6. The summed E-state index contributed by atoms with van der Waals surface area (Å²) in [6.07, 6.45) is 3.70. The van der Waals surface area contributed by atoms with E-state index >= 15 is 17.6 Å². The molecule has 1 aliphatic heterocycles. The van der Waals surface area contributed by atoms with E-state index in [0.717, 1.165) is 40.6 Å². The van der Waals surface area contributed by atoms with Crippen molar-refractivity contribution >= 4 is 38.9 Å². The highest BCUT2D eigenvalue weighted by molar-refractivity contribution is 8.93. The average Bonchev–Trinajstić information content (AvgIpc) is 3.29. The van der Waals surface area contributed by atoms with E-state index in [1.807, 2.05) is 77.9 Å². The summed E-state index contributed by atoms with van der Waals surface area (Å²) in [4.78, 5) is 0. The molecule has 59 heavy (non-hydrogen) atoms. The number of quaternary nitrogens is 1. The molecule has 0 aromatic heterocycles. The second-order valence-corrected chi connectivity index (χ2v) is 17.7. The number of nitrogens with zero attached hydrogens (tertiary/aromatic N) is 1. The van der Waals surface area contributed by atoms with Crippen molar-refractivity contribution in [2.75, 3.05) is 27.8 Å². The number of rotatable bonds is 6. The number of ether oxygens (including phenoxy) is 2. The average molecular weight is 877 g/mol. The third-order valence-electron chi connectivity index (χ3n) is 11.7. The van der Waals surface area contributed by atoms with Gasteiger partial charge in [0.1, 0.15) is 41.6 Å². The van der Waals surface area contributed by atoms with E-state index in [1.165, 1.54) is 14.2 Å². The molecule has 0 amide bonds. The Bertz CT molecular complexity index is 2560. The lowest BCUT2D eigenvalue weighted by molar-refractivity contribution is -0.945. The fourth-order valence-corrected chi connectivity index (χ4v) is 8.64. The van der Waals surface area contributed by atoms with E-state index < -0.39 is 45.7 Å². The Morgan fingerprint density at radius 2 is 1.25 bits per heavy atom. The Morgan fingerprint density at radius 1 is 0.695 bits per heavy atom. The van der Waals surface area contributed by atoms with Crippen LogP contribution in [0.1, 0.15) is 82.3 Å². The fourth-order valence-electron chi connectivity index (χ4n) is 8.64. The van der Waals surface area contributed by atoms with Gasteiger partial charge in [0.15, 0.2) is 40.5 Å². The van der Waals surface area contributed by atoms with Gasteiger partial charge in [-0.05, 0) is 59.0 Å². The Morgan fingerprint density at radius 3 is 1.80 bits per heavy atom. The maximum absolute atomic E-state index is 15.3. The third kappa shape index (κ3) is 7.49. The molecule has 5 aromatic rings. The van der Waals surface area contributed by atoms with E-state index in [9.17, 15) is 8.78 Å². The number of hydrogen-bond donors (Lipinski definition) is 0. The molecule has 0 radical (unpaired) electrons. The van der Waals surface area contributed by atoms with Crippen LogP contribution in [0.5, 0.6) is 5.75 Å². The minimum Gasteiger partial charge on any atom is -0.496 e. The molecule has 7 rings (SSSR count). The van der Waals surface area contributed by atoms with Gasteiger partial charge in [-0.1, -0.05) is 84.0 Å². The predicted molar refractivity (Wildman–Crippen MR) is 228 cm³/mol. The SMILES string of the molecule is Br.COC1=C(C(C)(C)C)[C+]=C2C(=C1c1cc(F)c(F)c(F)c1)C[N@+](C)(C(C)c1cccc3ccccc13)Cc1c2cc(C(C)(C)C)c(OC)c1-c1cc(F)c(F)c(F)c1. The first kappa shape index (κ1) is 43.7. The van der Waals surface area contributed by atoms with Crippen LogP contribution < -0.4 is 4.74 Å². The summed E-state index contributed by atoms with van der Waals surface area (Å²) in [7, 11) is 5.05. The van der Waals surface area contributed by atoms with Crippen molar-refractivity contribution in [2.45, 2.75) is 66.5 Å². The zero-order valence-corrected chi connectivity index (χ0v) is 36.6. The Hall–Kier alpha value is -4.89. The van der Waals surface area contributed by atoms with E-state index in [1.54, 1.807) is 0 Å². The van der Waals surface area contributed by atoms with Crippen LogP contribution in [-0.2, 0) is 16.7 Å². The molecular formula is C49H48BrF6NO2+2. The summed E-state index contributed by atoms with van der Waals surface area (Å²) in [6.45, 7) is 14.4. The number of hydrogen-bond acceptors (Lipinski definition) is 2. The summed E-state index contributed by atoms with van der Waals surface area (Å²) in [6, 6.07) is 19.8. The maximum atomic E-state index is 15.3. The minimum absolute atomic E-state index is 0. The Kier molecular flexibility index (Phi) is 11.6. The standard InChI is InChI=1S/C49H47F6NO2.BrH/c1-26(30-17-13-15-27-14-11-12-16-31(27)30)56(8)24-34-32(22-36(48(2,3)4)46(57-9)42(34)28-18-38(50)44(54)39(51)19-28)33-23-37(49(5,6)7)47(58-10)43(35(33)25-56)29-20-40(52)45(55)41(53)21-29;/h11-22,26H,24-25H2,1-10H3;1H/q+2;/t26?,56-;/m1./s1. The first-order chi connectivity index (χ1) is 27.2. The van der Waals surface area contributed by atoms with Gasteiger partial charge in [0.05, 0.1) is 32.4 Å². The monoisotopic (exact) mass is 875 g/mol. The van der Waals surface area contributed by atoms with Crippen molar-refractivity contribution < 1.29 is 40.3 Å². The first-order valence-corrected chi connectivity index (χ1v) is 19.2. The van der Waals surface area contributed by atoms with Crippen LogP contribution in [-0.4, -0.2) is 32.3 Å².